The van der Waals surface area contributed by atoms with Crippen LogP contribution in [0.3, 0.4) is 0 Å². The molecule has 0 saturated carbocycles. The van der Waals surface area contributed by atoms with Crippen molar-refractivity contribution in [3.05, 3.63) is 78.0 Å². The lowest BCUT2D eigenvalue weighted by Crippen LogP contribution is -2.41. The zero-order chi connectivity index (χ0) is 14.9. The normalized spacial score (nSPS) is 13.8. The second-order valence-corrected chi connectivity index (χ2v) is 5.31. The van der Waals surface area contributed by atoms with E-state index in [2.05, 4.69) is 4.98 Å². The smallest absolute Gasteiger partial charge is 0.186 e. The van der Waals surface area contributed by atoms with Gasteiger partial charge in [-0.15, -0.1) is 0 Å². The minimum absolute atomic E-state index is 0.110. The molecule has 2 N–H and O–H groups in total. The first-order valence-corrected chi connectivity index (χ1v) is 6.83. The molecule has 0 aliphatic rings. The molecule has 3 nitrogen and oxygen atoms in total. The SMILES string of the molecule is CC(N)(C(=O)c1ccc2cccnc2c1)c1ccccc1. The van der Waals surface area contributed by atoms with Gasteiger partial charge in [0, 0.05) is 17.1 Å². The molecule has 0 bridgehead atoms. The van der Waals surface area contributed by atoms with Gasteiger partial charge in [-0.3, -0.25) is 9.78 Å². The lowest BCUT2D eigenvalue weighted by molar-refractivity contribution is 0.0900. The number of benzene rings is 2. The number of carbonyl (C=O) groups is 1. The number of hydrogen-bond acceptors (Lipinski definition) is 3. The number of Topliss-reactive ketones (excluding diaryl/α,β-unsaturated/α-hetero) is 1. The Morgan fingerprint density at radius 2 is 1.81 bits per heavy atom. The molecule has 0 radical (unpaired) electrons. The highest BCUT2D eigenvalue weighted by molar-refractivity contribution is 6.05. The van der Waals surface area contributed by atoms with Crippen LogP contribution in [0.5, 0.6) is 0 Å². The molecule has 0 aliphatic carbocycles. The first-order chi connectivity index (χ1) is 10.1. The number of aromatic nitrogens is 1. The summed E-state index contributed by atoms with van der Waals surface area (Å²) in [5.41, 5.74) is 7.41. The zero-order valence-electron chi connectivity index (χ0n) is 11.8. The number of hydrogen-bond donors (Lipinski definition) is 1. The predicted octanol–water partition coefficient (Wildman–Crippen LogP) is 3.29. The van der Waals surface area contributed by atoms with Crippen LogP contribution in [-0.2, 0) is 5.54 Å². The highest BCUT2D eigenvalue weighted by Gasteiger charge is 2.31. The molecule has 0 fully saturated rings. The Labute approximate surface area is 123 Å². The molecule has 0 aliphatic heterocycles. The van der Waals surface area contributed by atoms with Crippen LogP contribution in [-0.4, -0.2) is 10.8 Å². The van der Waals surface area contributed by atoms with Gasteiger partial charge in [-0.05, 0) is 24.6 Å². The topological polar surface area (TPSA) is 56.0 Å². The average molecular weight is 276 g/mol. The molecule has 104 valence electrons. The molecule has 0 saturated heterocycles. The van der Waals surface area contributed by atoms with Gasteiger partial charge in [-0.25, -0.2) is 0 Å². The summed E-state index contributed by atoms with van der Waals surface area (Å²) >= 11 is 0. The number of fused-ring (bicyclic) bond motifs is 1. The van der Waals surface area contributed by atoms with Gasteiger partial charge < -0.3 is 5.73 Å². The molecule has 3 rings (SSSR count). The van der Waals surface area contributed by atoms with E-state index in [-0.39, 0.29) is 5.78 Å². The fourth-order valence-corrected chi connectivity index (χ4v) is 2.42. The van der Waals surface area contributed by atoms with Gasteiger partial charge in [0.15, 0.2) is 5.78 Å². The van der Waals surface area contributed by atoms with E-state index in [1.54, 1.807) is 25.3 Å². The third kappa shape index (κ3) is 2.43. The second kappa shape index (κ2) is 5.11. The van der Waals surface area contributed by atoms with E-state index in [4.69, 9.17) is 5.73 Å². The molecule has 0 amide bonds. The zero-order valence-corrected chi connectivity index (χ0v) is 11.8. The Bertz CT molecular complexity index is 794. The summed E-state index contributed by atoms with van der Waals surface area (Å²) in [4.78, 5) is 17.0. The third-order valence-electron chi connectivity index (χ3n) is 3.71. The minimum atomic E-state index is -1.05. The van der Waals surface area contributed by atoms with Gasteiger partial charge in [0.2, 0.25) is 0 Å². The van der Waals surface area contributed by atoms with Crippen LogP contribution in [0.15, 0.2) is 66.9 Å². The summed E-state index contributed by atoms with van der Waals surface area (Å²) in [6, 6.07) is 18.8. The quantitative estimate of drug-likeness (QED) is 0.747. The highest BCUT2D eigenvalue weighted by Crippen LogP contribution is 2.24. The van der Waals surface area contributed by atoms with E-state index in [0.29, 0.717) is 5.56 Å². The maximum atomic E-state index is 12.8. The molecule has 2 aromatic carbocycles. The van der Waals surface area contributed by atoms with Crippen molar-refractivity contribution in [2.45, 2.75) is 12.5 Å². The maximum absolute atomic E-state index is 12.8. The minimum Gasteiger partial charge on any atom is -0.315 e. The summed E-state index contributed by atoms with van der Waals surface area (Å²) in [7, 11) is 0. The fourth-order valence-electron chi connectivity index (χ4n) is 2.42. The lowest BCUT2D eigenvalue weighted by Gasteiger charge is -2.23. The summed E-state index contributed by atoms with van der Waals surface area (Å²) in [6.07, 6.45) is 1.72. The van der Waals surface area contributed by atoms with Gasteiger partial charge in [-0.1, -0.05) is 48.5 Å². The summed E-state index contributed by atoms with van der Waals surface area (Å²) in [5, 5.41) is 1.01. The van der Waals surface area contributed by atoms with E-state index in [1.165, 1.54) is 0 Å². The molecule has 3 aromatic rings. The van der Waals surface area contributed by atoms with Crippen LogP contribution in [0.1, 0.15) is 22.8 Å². The van der Waals surface area contributed by atoms with Crippen LogP contribution in [0.2, 0.25) is 0 Å². The highest BCUT2D eigenvalue weighted by atomic mass is 16.1. The van der Waals surface area contributed by atoms with Crippen LogP contribution < -0.4 is 5.73 Å². The Hall–Kier alpha value is -2.52. The molecule has 1 heterocycles. The number of nitrogens with zero attached hydrogens (tertiary/aromatic N) is 1. The molecule has 1 unspecified atom stereocenters. The van der Waals surface area contributed by atoms with Crippen LogP contribution in [0.4, 0.5) is 0 Å². The van der Waals surface area contributed by atoms with Gasteiger partial charge >= 0.3 is 0 Å². The predicted molar refractivity (Wildman–Crippen MR) is 84.1 cm³/mol. The van der Waals surface area contributed by atoms with E-state index < -0.39 is 5.54 Å². The standard InChI is InChI=1S/C18H16N2O/c1-18(19,15-7-3-2-4-8-15)17(21)14-10-9-13-6-5-11-20-16(13)12-14/h2-12H,19H2,1H3. The molecule has 1 aromatic heterocycles. The Kier molecular flexibility index (Phi) is 3.28. The molecule has 1 atom stereocenters. The van der Waals surface area contributed by atoms with Crippen molar-refractivity contribution in [2.75, 3.05) is 0 Å². The summed E-state index contributed by atoms with van der Waals surface area (Å²) in [6.45, 7) is 1.74. The van der Waals surface area contributed by atoms with Gasteiger partial charge in [0.1, 0.15) is 5.54 Å². The first kappa shape index (κ1) is 13.5. The number of rotatable bonds is 3. The van der Waals surface area contributed by atoms with Crippen molar-refractivity contribution in [1.29, 1.82) is 0 Å². The second-order valence-electron chi connectivity index (χ2n) is 5.31. The van der Waals surface area contributed by atoms with Crippen molar-refractivity contribution in [3.63, 3.8) is 0 Å². The van der Waals surface area contributed by atoms with Crippen LogP contribution >= 0.6 is 0 Å². The molecule has 0 spiro atoms. The van der Waals surface area contributed by atoms with Gasteiger partial charge in [0.05, 0.1) is 5.52 Å². The summed E-state index contributed by atoms with van der Waals surface area (Å²) < 4.78 is 0. The molecular weight excluding hydrogens is 260 g/mol. The van der Waals surface area contributed by atoms with Gasteiger partial charge in [-0.2, -0.15) is 0 Å². The first-order valence-electron chi connectivity index (χ1n) is 6.83. The third-order valence-corrected chi connectivity index (χ3v) is 3.71. The Morgan fingerprint density at radius 1 is 1.05 bits per heavy atom. The number of ketones is 1. The molecular formula is C18H16N2O. The van der Waals surface area contributed by atoms with Crippen LogP contribution in [0.25, 0.3) is 10.9 Å². The Balaban J connectivity index is 2.03. The van der Waals surface area contributed by atoms with Gasteiger partial charge in [0.25, 0.3) is 0 Å². The monoisotopic (exact) mass is 276 g/mol. The Morgan fingerprint density at radius 3 is 2.57 bits per heavy atom. The van der Waals surface area contributed by atoms with Crippen LogP contribution in [0, 0.1) is 0 Å². The number of pyridine rings is 1. The molecule has 3 heteroatoms. The maximum Gasteiger partial charge on any atom is 0.186 e. The molecule has 21 heavy (non-hydrogen) atoms. The fraction of sp³-hybridized carbons (Fsp3) is 0.111. The largest absolute Gasteiger partial charge is 0.315 e. The lowest BCUT2D eigenvalue weighted by atomic mass is 9.85. The van der Waals surface area contributed by atoms with E-state index in [9.17, 15) is 4.79 Å². The number of carbonyl (C=O) groups excluding carboxylic acids is 1. The van der Waals surface area contributed by atoms with Crippen molar-refractivity contribution in [1.82, 2.24) is 4.98 Å². The van der Waals surface area contributed by atoms with Crippen molar-refractivity contribution >= 4 is 16.7 Å². The van der Waals surface area contributed by atoms with E-state index in [0.717, 1.165) is 16.5 Å². The van der Waals surface area contributed by atoms with E-state index >= 15 is 0 Å². The summed E-state index contributed by atoms with van der Waals surface area (Å²) in [5.74, 6) is -0.110. The number of nitrogens with two attached hydrogens (primary N) is 1. The van der Waals surface area contributed by atoms with Crippen molar-refractivity contribution < 1.29 is 4.79 Å². The average Bonchev–Trinajstić information content (AvgIpc) is 2.54. The van der Waals surface area contributed by atoms with Crippen molar-refractivity contribution in [2.24, 2.45) is 5.73 Å². The van der Waals surface area contributed by atoms with Crippen molar-refractivity contribution in [3.8, 4) is 0 Å². The van der Waals surface area contributed by atoms with E-state index in [1.807, 2.05) is 48.5 Å².